The van der Waals surface area contributed by atoms with Crippen LogP contribution in [0.3, 0.4) is 0 Å². The van der Waals surface area contributed by atoms with Crippen LogP contribution >= 0.6 is 0 Å². The number of hydrogen-bond donors (Lipinski definition) is 1. The van der Waals surface area contributed by atoms with Crippen molar-refractivity contribution in [3.05, 3.63) is 24.3 Å². The number of rotatable bonds is 9. The molecule has 0 bridgehead atoms. The normalized spacial score (nSPS) is 14.5. The molecule has 0 saturated carbocycles. The molecule has 1 aromatic carbocycles. The maximum absolute atomic E-state index is 12.5. The van der Waals surface area contributed by atoms with Crippen LogP contribution in [0.1, 0.15) is 34.6 Å². The Bertz CT molecular complexity index is 566. The second-order valence-electron chi connectivity index (χ2n) is 8.15. The molecule has 0 aliphatic carbocycles. The zero-order chi connectivity index (χ0) is 20.0. The first-order valence-electron chi connectivity index (χ1n) is 9.23. The topological polar surface area (TPSA) is 56.8 Å². The second kappa shape index (κ2) is 9.42. The Morgan fingerprint density at radius 3 is 2.23 bits per heavy atom. The highest BCUT2D eigenvalue weighted by Gasteiger charge is 2.38. The number of benzene rings is 1. The molecule has 0 amide bonds. The summed E-state index contributed by atoms with van der Waals surface area (Å²) < 4.78 is 16.8. The van der Waals surface area contributed by atoms with E-state index in [9.17, 15) is 4.79 Å². The van der Waals surface area contributed by atoms with Crippen molar-refractivity contribution in [3.63, 3.8) is 0 Å². The van der Waals surface area contributed by atoms with E-state index in [4.69, 9.17) is 13.9 Å². The van der Waals surface area contributed by atoms with Gasteiger partial charge in [-0.15, -0.1) is 0 Å². The van der Waals surface area contributed by atoms with Gasteiger partial charge >= 0.3 is 5.97 Å². The van der Waals surface area contributed by atoms with Crippen molar-refractivity contribution < 1.29 is 18.7 Å². The third-order valence-electron chi connectivity index (χ3n) is 5.04. The second-order valence-corrected chi connectivity index (χ2v) is 13.0. The fourth-order valence-corrected chi connectivity index (χ4v) is 3.30. The van der Waals surface area contributed by atoms with Crippen molar-refractivity contribution in [2.24, 2.45) is 5.92 Å². The first-order valence-corrected chi connectivity index (χ1v) is 12.1. The van der Waals surface area contributed by atoms with Crippen molar-refractivity contribution >= 4 is 20.0 Å². The maximum atomic E-state index is 12.5. The lowest BCUT2D eigenvalue weighted by Gasteiger charge is -2.37. The zero-order valence-corrected chi connectivity index (χ0v) is 18.5. The van der Waals surface area contributed by atoms with E-state index in [0.717, 1.165) is 11.4 Å². The summed E-state index contributed by atoms with van der Waals surface area (Å²) in [6.07, 6.45) is 0. The number of carbonyl (C=O) groups is 1. The standard InChI is InChI=1S/C20H35NO4Si/c1-9-24-19(22)18(21-16-10-12-17(23-6)13-11-16)15(2)14-25-26(7,8)20(3,4)5/h10-13,15,18,21H,9,14H2,1-8H3/t15-,18?/m0/s1. The molecule has 1 N–H and O–H groups in total. The van der Waals surface area contributed by atoms with Gasteiger partial charge in [-0.2, -0.15) is 0 Å². The van der Waals surface area contributed by atoms with Crippen molar-refractivity contribution in [3.8, 4) is 5.75 Å². The molecular formula is C20H35NO4Si. The highest BCUT2D eigenvalue weighted by molar-refractivity contribution is 6.74. The highest BCUT2D eigenvalue weighted by Crippen LogP contribution is 2.37. The van der Waals surface area contributed by atoms with E-state index in [1.165, 1.54) is 0 Å². The lowest BCUT2D eigenvalue weighted by molar-refractivity contribution is -0.145. The summed E-state index contributed by atoms with van der Waals surface area (Å²) in [5, 5.41) is 3.43. The number of methoxy groups -OCH3 is 1. The zero-order valence-electron chi connectivity index (χ0n) is 17.5. The molecule has 0 heterocycles. The molecule has 0 aliphatic rings. The van der Waals surface area contributed by atoms with Gasteiger partial charge in [-0.3, -0.25) is 0 Å². The predicted octanol–water partition coefficient (Wildman–Crippen LogP) is 4.70. The van der Waals surface area contributed by atoms with Crippen molar-refractivity contribution in [1.29, 1.82) is 0 Å². The van der Waals surface area contributed by atoms with E-state index in [1.54, 1.807) is 7.11 Å². The number of carbonyl (C=O) groups excluding carboxylic acids is 1. The van der Waals surface area contributed by atoms with Crippen molar-refractivity contribution in [2.75, 3.05) is 25.6 Å². The molecule has 1 rings (SSSR count). The Labute approximate surface area is 159 Å². The van der Waals surface area contributed by atoms with Crippen LogP contribution in [0.4, 0.5) is 5.69 Å². The van der Waals surface area contributed by atoms with Gasteiger partial charge in [-0.05, 0) is 49.3 Å². The van der Waals surface area contributed by atoms with Gasteiger partial charge in [0.05, 0.1) is 13.7 Å². The van der Waals surface area contributed by atoms with Crippen LogP contribution in [0.2, 0.25) is 18.1 Å². The maximum Gasteiger partial charge on any atom is 0.328 e. The highest BCUT2D eigenvalue weighted by atomic mass is 28.4. The SMILES string of the molecule is CCOC(=O)C(Nc1ccc(OC)cc1)[C@@H](C)CO[Si](C)(C)C(C)(C)C. The molecule has 0 aliphatic heterocycles. The van der Waals surface area contributed by atoms with E-state index in [-0.39, 0.29) is 16.9 Å². The van der Waals surface area contributed by atoms with Gasteiger partial charge in [-0.1, -0.05) is 27.7 Å². The molecule has 0 saturated heterocycles. The van der Waals surface area contributed by atoms with Crippen LogP contribution in [-0.2, 0) is 14.0 Å². The van der Waals surface area contributed by atoms with E-state index in [0.29, 0.717) is 13.2 Å². The number of esters is 1. The minimum absolute atomic E-state index is 0.0229. The van der Waals surface area contributed by atoms with E-state index >= 15 is 0 Å². The lowest BCUT2D eigenvalue weighted by atomic mass is 10.0. The predicted molar refractivity (Wildman–Crippen MR) is 109 cm³/mol. The number of hydrogen-bond acceptors (Lipinski definition) is 5. The summed E-state index contributed by atoms with van der Waals surface area (Å²) in [7, 11) is -0.239. The van der Waals surface area contributed by atoms with E-state index < -0.39 is 14.4 Å². The molecule has 0 aromatic heterocycles. The molecule has 26 heavy (non-hydrogen) atoms. The van der Waals surface area contributed by atoms with Gasteiger partial charge in [0.25, 0.3) is 0 Å². The van der Waals surface area contributed by atoms with Gasteiger partial charge in [-0.25, -0.2) is 4.79 Å². The smallest absolute Gasteiger partial charge is 0.328 e. The molecule has 1 aromatic rings. The van der Waals surface area contributed by atoms with Gasteiger partial charge in [0, 0.05) is 18.2 Å². The molecular weight excluding hydrogens is 346 g/mol. The molecule has 148 valence electrons. The minimum Gasteiger partial charge on any atom is -0.497 e. The Morgan fingerprint density at radius 2 is 1.77 bits per heavy atom. The van der Waals surface area contributed by atoms with Gasteiger partial charge in [0.1, 0.15) is 11.8 Å². The van der Waals surface area contributed by atoms with Gasteiger partial charge in [0.15, 0.2) is 8.32 Å². The largest absolute Gasteiger partial charge is 0.497 e. The average molecular weight is 382 g/mol. The molecule has 5 nitrogen and oxygen atoms in total. The third-order valence-corrected chi connectivity index (χ3v) is 9.54. The van der Waals surface area contributed by atoms with E-state index in [2.05, 4.69) is 39.2 Å². The number of nitrogens with one attached hydrogen (secondary N) is 1. The lowest BCUT2D eigenvalue weighted by Crippen LogP contribution is -2.45. The number of anilines is 1. The van der Waals surface area contributed by atoms with Crippen molar-refractivity contribution in [1.82, 2.24) is 0 Å². The Kier molecular flexibility index (Phi) is 8.15. The van der Waals surface area contributed by atoms with Crippen LogP contribution < -0.4 is 10.1 Å². The van der Waals surface area contributed by atoms with Crippen LogP contribution in [0.5, 0.6) is 5.75 Å². The van der Waals surface area contributed by atoms with Crippen LogP contribution in [0.25, 0.3) is 0 Å². The van der Waals surface area contributed by atoms with Crippen molar-refractivity contribution in [2.45, 2.75) is 58.8 Å². The number of ether oxygens (including phenoxy) is 2. The summed E-state index contributed by atoms with van der Waals surface area (Å²) in [6.45, 7) is 15.8. The first-order chi connectivity index (χ1) is 12.0. The first kappa shape index (κ1) is 22.5. The fourth-order valence-electron chi connectivity index (χ4n) is 2.18. The molecule has 0 fully saturated rings. The third kappa shape index (κ3) is 6.32. The fraction of sp³-hybridized carbons (Fsp3) is 0.650. The summed E-state index contributed by atoms with van der Waals surface area (Å²) in [4.78, 5) is 12.5. The molecule has 6 heteroatoms. The molecule has 1 unspecified atom stereocenters. The summed E-state index contributed by atoms with van der Waals surface area (Å²) in [6, 6.07) is 7.05. The Balaban J connectivity index is 2.86. The van der Waals surface area contributed by atoms with Crippen LogP contribution in [0.15, 0.2) is 24.3 Å². The summed E-state index contributed by atoms with van der Waals surface area (Å²) >= 11 is 0. The van der Waals surface area contributed by atoms with Crippen LogP contribution in [-0.4, -0.2) is 40.7 Å². The van der Waals surface area contributed by atoms with Gasteiger partial charge in [0.2, 0.25) is 0 Å². The summed E-state index contributed by atoms with van der Waals surface area (Å²) in [5.41, 5.74) is 0.850. The van der Waals surface area contributed by atoms with Gasteiger partial charge < -0.3 is 19.2 Å². The quantitative estimate of drug-likeness (QED) is 0.496. The molecule has 2 atom stereocenters. The van der Waals surface area contributed by atoms with Crippen LogP contribution in [0, 0.1) is 5.92 Å². The minimum atomic E-state index is -1.87. The van der Waals surface area contributed by atoms with E-state index in [1.807, 2.05) is 38.1 Å². The molecule has 0 radical (unpaired) electrons. The Hall–Kier alpha value is -1.53. The monoisotopic (exact) mass is 381 g/mol. The summed E-state index contributed by atoms with van der Waals surface area (Å²) in [5.74, 6) is 0.498. The average Bonchev–Trinajstić information content (AvgIpc) is 2.57. The Morgan fingerprint density at radius 1 is 1.19 bits per heavy atom. The molecule has 0 spiro atoms.